The van der Waals surface area contributed by atoms with E-state index in [0.717, 1.165) is 11.5 Å². The Balaban J connectivity index is 2.37. The molecule has 0 bridgehead atoms. The highest BCUT2D eigenvalue weighted by atomic mass is 16.5. The summed E-state index contributed by atoms with van der Waals surface area (Å²) in [5.41, 5.74) is 2.28. The van der Waals surface area contributed by atoms with Crippen LogP contribution in [0, 0.1) is 11.8 Å². The van der Waals surface area contributed by atoms with Gasteiger partial charge in [-0.2, -0.15) is 0 Å². The highest BCUT2D eigenvalue weighted by Crippen LogP contribution is 2.43. The minimum atomic E-state index is -0.167. The van der Waals surface area contributed by atoms with Crippen LogP contribution >= 0.6 is 0 Å². The van der Waals surface area contributed by atoms with E-state index in [1.165, 1.54) is 11.1 Å². The molecule has 0 spiro atoms. The summed E-state index contributed by atoms with van der Waals surface area (Å²) in [5.74, 6) is 2.44. The highest BCUT2D eigenvalue weighted by molar-refractivity contribution is 5.43. The minimum absolute atomic E-state index is 0.00848. The van der Waals surface area contributed by atoms with Crippen molar-refractivity contribution < 1.29 is 19.7 Å². The monoisotopic (exact) mass is 372 g/mol. The molecule has 0 aliphatic heterocycles. The summed E-state index contributed by atoms with van der Waals surface area (Å²) < 4.78 is 11.0. The number of rotatable bonds is 10. The van der Waals surface area contributed by atoms with Crippen molar-refractivity contribution in [1.29, 1.82) is 0 Å². The normalized spacial score (nSPS) is 12.9. The second-order valence-corrected chi connectivity index (χ2v) is 7.43. The third-order valence-corrected chi connectivity index (χ3v) is 5.54. The zero-order valence-electron chi connectivity index (χ0n) is 16.8. The summed E-state index contributed by atoms with van der Waals surface area (Å²) in [4.78, 5) is 0. The molecule has 0 saturated carbocycles. The van der Waals surface area contributed by atoms with Crippen molar-refractivity contribution >= 4 is 0 Å². The predicted molar refractivity (Wildman–Crippen MR) is 109 cm³/mol. The highest BCUT2D eigenvalue weighted by Gasteiger charge is 2.36. The van der Waals surface area contributed by atoms with E-state index in [2.05, 4.69) is 52.0 Å². The first-order chi connectivity index (χ1) is 12.9. The van der Waals surface area contributed by atoms with Crippen LogP contribution in [0.5, 0.6) is 11.5 Å². The molecule has 0 saturated heterocycles. The molecule has 0 aliphatic carbocycles. The van der Waals surface area contributed by atoms with Crippen molar-refractivity contribution in [2.45, 2.75) is 33.1 Å². The molecular formula is C23H32O4. The molecule has 4 nitrogen and oxygen atoms in total. The van der Waals surface area contributed by atoms with Crippen LogP contribution in [0.1, 0.15) is 38.8 Å². The van der Waals surface area contributed by atoms with Gasteiger partial charge in [-0.15, -0.1) is 0 Å². The van der Waals surface area contributed by atoms with Crippen LogP contribution in [0.4, 0.5) is 0 Å². The SMILES string of the molecule is CC(C)C(C)C(C)(c1ccc(OCCO)cc1)c1ccc(OCCO)cc1. The fourth-order valence-corrected chi connectivity index (χ4v) is 3.48. The maximum Gasteiger partial charge on any atom is 0.119 e. The van der Waals surface area contributed by atoms with E-state index in [4.69, 9.17) is 19.7 Å². The molecule has 0 aromatic heterocycles. The summed E-state index contributed by atoms with van der Waals surface area (Å²) in [6, 6.07) is 16.3. The Hall–Kier alpha value is -2.04. The molecule has 2 N–H and O–H groups in total. The quantitative estimate of drug-likeness (QED) is 0.661. The Morgan fingerprint density at radius 3 is 1.41 bits per heavy atom. The molecule has 0 amide bonds. The first-order valence-corrected chi connectivity index (χ1v) is 9.61. The lowest BCUT2D eigenvalue weighted by molar-refractivity contribution is 0.201. The van der Waals surface area contributed by atoms with Gasteiger partial charge in [0.15, 0.2) is 0 Å². The third-order valence-electron chi connectivity index (χ3n) is 5.54. The lowest BCUT2D eigenvalue weighted by atomic mass is 9.64. The molecular weight excluding hydrogens is 340 g/mol. The van der Waals surface area contributed by atoms with Gasteiger partial charge in [-0.3, -0.25) is 0 Å². The van der Waals surface area contributed by atoms with Gasteiger partial charge >= 0.3 is 0 Å². The van der Waals surface area contributed by atoms with Crippen LogP contribution < -0.4 is 9.47 Å². The Morgan fingerprint density at radius 1 is 0.741 bits per heavy atom. The van der Waals surface area contributed by atoms with Gasteiger partial charge < -0.3 is 19.7 Å². The van der Waals surface area contributed by atoms with Gasteiger partial charge in [0.2, 0.25) is 0 Å². The Bertz CT molecular complexity index is 625. The van der Waals surface area contributed by atoms with E-state index in [1.807, 2.05) is 24.3 Å². The van der Waals surface area contributed by atoms with Crippen molar-refractivity contribution in [1.82, 2.24) is 0 Å². The molecule has 27 heavy (non-hydrogen) atoms. The fourth-order valence-electron chi connectivity index (χ4n) is 3.48. The van der Waals surface area contributed by atoms with Crippen molar-refractivity contribution in [2.24, 2.45) is 11.8 Å². The van der Waals surface area contributed by atoms with E-state index in [-0.39, 0.29) is 18.6 Å². The van der Waals surface area contributed by atoms with Crippen LogP contribution in [0.2, 0.25) is 0 Å². The Labute approximate surface area is 162 Å². The molecule has 0 heterocycles. The van der Waals surface area contributed by atoms with Gasteiger partial charge in [0, 0.05) is 5.41 Å². The van der Waals surface area contributed by atoms with Crippen molar-refractivity contribution in [2.75, 3.05) is 26.4 Å². The average molecular weight is 373 g/mol. The predicted octanol–water partition coefficient (Wildman–Crippen LogP) is 4.03. The first-order valence-electron chi connectivity index (χ1n) is 9.61. The molecule has 0 aliphatic rings. The lowest BCUT2D eigenvalue weighted by Crippen LogP contribution is -2.34. The van der Waals surface area contributed by atoms with Gasteiger partial charge in [0.1, 0.15) is 24.7 Å². The molecule has 2 rings (SSSR count). The summed E-state index contributed by atoms with van der Waals surface area (Å²) in [7, 11) is 0. The van der Waals surface area contributed by atoms with Gasteiger partial charge in [0.25, 0.3) is 0 Å². The number of aliphatic hydroxyl groups is 2. The molecule has 1 unspecified atom stereocenters. The van der Waals surface area contributed by atoms with Crippen LogP contribution in [0.25, 0.3) is 0 Å². The molecule has 0 fully saturated rings. The van der Waals surface area contributed by atoms with E-state index < -0.39 is 0 Å². The standard InChI is InChI=1S/C23H32O4/c1-17(2)18(3)23(4,19-5-9-21(10-6-19)26-15-13-24)20-7-11-22(12-8-20)27-16-14-25/h5-12,17-18,24-25H,13-16H2,1-4H3. The maximum atomic E-state index is 8.92. The zero-order chi connectivity index (χ0) is 19.9. The van der Waals surface area contributed by atoms with Crippen LogP contribution in [-0.4, -0.2) is 36.6 Å². The van der Waals surface area contributed by atoms with E-state index in [1.54, 1.807) is 0 Å². The Morgan fingerprint density at radius 2 is 1.11 bits per heavy atom. The van der Waals surface area contributed by atoms with Gasteiger partial charge in [-0.1, -0.05) is 52.0 Å². The summed E-state index contributed by atoms with van der Waals surface area (Å²) >= 11 is 0. The topological polar surface area (TPSA) is 58.9 Å². The number of ether oxygens (including phenoxy) is 2. The molecule has 1 atom stereocenters. The summed E-state index contributed by atoms with van der Waals surface area (Å²) in [6.07, 6.45) is 0. The lowest BCUT2D eigenvalue weighted by Gasteiger charge is -2.39. The van der Waals surface area contributed by atoms with Crippen molar-refractivity contribution in [3.8, 4) is 11.5 Å². The van der Waals surface area contributed by atoms with Crippen LogP contribution in [-0.2, 0) is 5.41 Å². The second-order valence-electron chi connectivity index (χ2n) is 7.43. The smallest absolute Gasteiger partial charge is 0.119 e. The van der Waals surface area contributed by atoms with E-state index in [9.17, 15) is 0 Å². The molecule has 4 heteroatoms. The van der Waals surface area contributed by atoms with Gasteiger partial charge in [-0.05, 0) is 47.2 Å². The minimum Gasteiger partial charge on any atom is -0.491 e. The van der Waals surface area contributed by atoms with E-state index >= 15 is 0 Å². The third kappa shape index (κ3) is 5.02. The Kier molecular flexibility index (Phi) is 7.69. The fraction of sp³-hybridized carbons (Fsp3) is 0.478. The molecule has 2 aromatic rings. The van der Waals surface area contributed by atoms with E-state index in [0.29, 0.717) is 25.0 Å². The van der Waals surface area contributed by atoms with Gasteiger partial charge in [0.05, 0.1) is 13.2 Å². The molecule has 148 valence electrons. The first kappa shape index (κ1) is 21.3. The van der Waals surface area contributed by atoms with Crippen LogP contribution in [0.3, 0.4) is 0 Å². The molecule has 0 radical (unpaired) electrons. The largest absolute Gasteiger partial charge is 0.491 e. The van der Waals surface area contributed by atoms with Crippen LogP contribution in [0.15, 0.2) is 48.5 Å². The van der Waals surface area contributed by atoms with Crippen molar-refractivity contribution in [3.63, 3.8) is 0 Å². The van der Waals surface area contributed by atoms with Gasteiger partial charge in [-0.25, -0.2) is 0 Å². The number of hydrogen-bond acceptors (Lipinski definition) is 4. The summed E-state index contributed by atoms with van der Waals surface area (Å²) in [5, 5.41) is 17.8. The summed E-state index contributed by atoms with van der Waals surface area (Å²) in [6.45, 7) is 9.69. The molecule has 2 aromatic carbocycles. The number of benzene rings is 2. The maximum absolute atomic E-state index is 8.92. The van der Waals surface area contributed by atoms with Crippen molar-refractivity contribution in [3.05, 3.63) is 59.7 Å². The average Bonchev–Trinajstić information content (AvgIpc) is 2.70. The zero-order valence-corrected chi connectivity index (χ0v) is 16.8. The number of aliphatic hydroxyl groups excluding tert-OH is 2. The second kappa shape index (κ2) is 9.77. The number of hydrogen-bond donors (Lipinski definition) is 2.